The molecule has 2 amide bonds. The molecule has 3 aliphatic heterocycles. The minimum absolute atomic E-state index is 0.0370. The van der Waals surface area contributed by atoms with Crippen LogP contribution in [-0.2, 0) is 19.6 Å². The van der Waals surface area contributed by atoms with Crippen LogP contribution in [0.1, 0.15) is 26.7 Å². The van der Waals surface area contributed by atoms with Crippen molar-refractivity contribution >= 4 is 33.6 Å². The summed E-state index contributed by atoms with van der Waals surface area (Å²) in [5, 5.41) is 0. The highest BCUT2D eigenvalue weighted by Gasteiger charge is 2.53. The third-order valence-corrected chi connectivity index (χ3v) is 8.43. The van der Waals surface area contributed by atoms with Crippen molar-refractivity contribution in [2.45, 2.75) is 37.6 Å². The van der Waals surface area contributed by atoms with E-state index < -0.39 is 16.1 Å². The molecular weight excluding hydrogens is 338 g/mol. The zero-order chi connectivity index (χ0) is 16.8. The van der Waals surface area contributed by atoms with Crippen LogP contribution in [0.25, 0.3) is 0 Å². The minimum Gasteiger partial charge on any atom is -0.338 e. The molecule has 0 aromatic carbocycles. The summed E-state index contributed by atoms with van der Waals surface area (Å²) in [4.78, 5) is 28.2. The van der Waals surface area contributed by atoms with Gasteiger partial charge in [0.1, 0.15) is 6.04 Å². The maximum absolute atomic E-state index is 12.8. The molecule has 0 bridgehead atoms. The number of fused-ring (bicyclic) bond motifs is 1. The van der Waals surface area contributed by atoms with E-state index in [4.69, 9.17) is 0 Å². The quantitative estimate of drug-likeness (QED) is 0.703. The molecule has 3 aliphatic rings. The van der Waals surface area contributed by atoms with Crippen LogP contribution in [0.4, 0.5) is 0 Å². The maximum atomic E-state index is 12.8. The van der Waals surface area contributed by atoms with Crippen molar-refractivity contribution < 1.29 is 18.0 Å². The van der Waals surface area contributed by atoms with Gasteiger partial charge in [0.15, 0.2) is 0 Å². The molecule has 2 unspecified atom stereocenters. The van der Waals surface area contributed by atoms with Gasteiger partial charge in [0.2, 0.25) is 21.8 Å². The van der Waals surface area contributed by atoms with E-state index in [-0.39, 0.29) is 22.4 Å². The molecule has 0 radical (unpaired) electrons. The van der Waals surface area contributed by atoms with Crippen molar-refractivity contribution in [1.29, 1.82) is 0 Å². The molecule has 3 saturated heterocycles. The van der Waals surface area contributed by atoms with Crippen LogP contribution >= 0.6 is 11.8 Å². The van der Waals surface area contributed by atoms with E-state index in [1.807, 2.05) is 6.92 Å². The Morgan fingerprint density at radius 1 is 1.30 bits per heavy atom. The molecule has 0 aromatic rings. The summed E-state index contributed by atoms with van der Waals surface area (Å²) in [7, 11) is -3.20. The molecule has 3 rings (SSSR count). The highest BCUT2D eigenvalue weighted by Crippen LogP contribution is 2.47. The van der Waals surface area contributed by atoms with Gasteiger partial charge in [0.25, 0.3) is 0 Å². The molecule has 7 nitrogen and oxygen atoms in total. The molecule has 0 aliphatic carbocycles. The molecule has 2 atom stereocenters. The van der Waals surface area contributed by atoms with E-state index >= 15 is 0 Å². The first kappa shape index (κ1) is 17.0. The second-order valence-corrected chi connectivity index (χ2v) is 10.1. The number of piperazine rings is 1. The summed E-state index contributed by atoms with van der Waals surface area (Å²) >= 11 is 1.68. The Morgan fingerprint density at radius 3 is 2.57 bits per heavy atom. The molecular formula is C14H23N3O4S2. The van der Waals surface area contributed by atoms with Crippen LogP contribution in [-0.4, -0.2) is 82.9 Å². The Balaban J connectivity index is 1.66. The van der Waals surface area contributed by atoms with E-state index in [1.54, 1.807) is 28.5 Å². The Hall–Kier alpha value is -0.800. The summed E-state index contributed by atoms with van der Waals surface area (Å²) in [6.07, 6.45) is 1.30. The fourth-order valence-corrected chi connectivity index (χ4v) is 6.09. The van der Waals surface area contributed by atoms with Gasteiger partial charge in [0.05, 0.1) is 10.6 Å². The Bertz CT molecular complexity index is 616. The number of sulfonamides is 1. The van der Waals surface area contributed by atoms with Crippen LogP contribution < -0.4 is 0 Å². The molecule has 130 valence electrons. The molecule has 0 N–H and O–H groups in total. The lowest BCUT2D eigenvalue weighted by Crippen LogP contribution is -2.56. The zero-order valence-corrected chi connectivity index (χ0v) is 15.2. The molecule has 3 fully saturated rings. The summed E-state index contributed by atoms with van der Waals surface area (Å²) < 4.78 is 25.2. The van der Waals surface area contributed by atoms with Crippen molar-refractivity contribution in [1.82, 2.24) is 14.1 Å². The number of carbonyl (C=O) groups excluding carboxylic acids is 2. The van der Waals surface area contributed by atoms with Crippen LogP contribution in [0.15, 0.2) is 0 Å². The summed E-state index contributed by atoms with van der Waals surface area (Å²) in [5.74, 6) is 0.739. The summed E-state index contributed by atoms with van der Waals surface area (Å²) in [5.41, 5.74) is 0. The molecule has 0 spiro atoms. The Morgan fingerprint density at radius 2 is 1.96 bits per heavy atom. The third kappa shape index (κ3) is 2.87. The molecule has 9 heteroatoms. The first-order valence-electron chi connectivity index (χ1n) is 8.01. The van der Waals surface area contributed by atoms with E-state index in [0.717, 1.165) is 6.42 Å². The lowest BCUT2D eigenvalue weighted by atomic mass is 10.2. The number of carbonyl (C=O) groups is 2. The fourth-order valence-electron chi connectivity index (χ4n) is 3.58. The normalized spacial score (nSPS) is 32.4. The van der Waals surface area contributed by atoms with Crippen LogP contribution in [0, 0.1) is 0 Å². The van der Waals surface area contributed by atoms with Crippen molar-refractivity contribution in [3.8, 4) is 0 Å². The van der Waals surface area contributed by atoms with Gasteiger partial charge in [-0.1, -0.05) is 0 Å². The zero-order valence-electron chi connectivity index (χ0n) is 13.5. The van der Waals surface area contributed by atoms with Gasteiger partial charge < -0.3 is 9.80 Å². The number of rotatable bonds is 3. The SMILES string of the molecule is CCS(=O)(=O)N1CCN(C(=O)C2CSC3(C)CCC(=O)N23)CC1. The minimum atomic E-state index is -3.20. The highest BCUT2D eigenvalue weighted by atomic mass is 32.2. The van der Waals surface area contributed by atoms with Crippen molar-refractivity contribution in [3.05, 3.63) is 0 Å². The predicted octanol–water partition coefficient (Wildman–Crippen LogP) is -0.0657. The average Bonchev–Trinajstić information content (AvgIpc) is 3.03. The lowest BCUT2D eigenvalue weighted by molar-refractivity contribution is -0.144. The first-order chi connectivity index (χ1) is 10.8. The first-order valence-corrected chi connectivity index (χ1v) is 10.6. The second kappa shape index (κ2) is 5.93. The van der Waals surface area contributed by atoms with E-state index in [2.05, 4.69) is 0 Å². The van der Waals surface area contributed by atoms with Gasteiger partial charge >= 0.3 is 0 Å². The van der Waals surface area contributed by atoms with Crippen LogP contribution in [0.2, 0.25) is 0 Å². The monoisotopic (exact) mass is 361 g/mol. The summed E-state index contributed by atoms with van der Waals surface area (Å²) in [6, 6.07) is -0.394. The van der Waals surface area contributed by atoms with Gasteiger partial charge in [-0.3, -0.25) is 9.59 Å². The Kier molecular flexibility index (Phi) is 4.39. The molecule has 0 saturated carbocycles. The lowest BCUT2D eigenvalue weighted by Gasteiger charge is -2.37. The Labute approximate surface area is 141 Å². The number of thioether (sulfide) groups is 1. The molecule has 0 aromatic heterocycles. The van der Waals surface area contributed by atoms with Crippen LogP contribution in [0.5, 0.6) is 0 Å². The maximum Gasteiger partial charge on any atom is 0.246 e. The molecule has 3 heterocycles. The van der Waals surface area contributed by atoms with Gasteiger partial charge in [-0.15, -0.1) is 11.8 Å². The standard InChI is InChI=1S/C14H23N3O4S2/c1-3-23(20,21)16-8-6-15(7-9-16)13(19)11-10-22-14(2)5-4-12(18)17(11)14/h11H,3-10H2,1-2H3. The predicted molar refractivity (Wildman–Crippen MR) is 88.3 cm³/mol. The van der Waals surface area contributed by atoms with E-state index in [0.29, 0.717) is 38.4 Å². The van der Waals surface area contributed by atoms with Gasteiger partial charge in [0, 0.05) is 38.4 Å². The van der Waals surface area contributed by atoms with Crippen molar-refractivity contribution in [2.75, 3.05) is 37.7 Å². The smallest absolute Gasteiger partial charge is 0.246 e. The number of hydrogen-bond acceptors (Lipinski definition) is 5. The van der Waals surface area contributed by atoms with Crippen molar-refractivity contribution in [3.63, 3.8) is 0 Å². The van der Waals surface area contributed by atoms with Gasteiger partial charge in [-0.25, -0.2) is 8.42 Å². The van der Waals surface area contributed by atoms with Gasteiger partial charge in [-0.2, -0.15) is 4.31 Å². The number of hydrogen-bond donors (Lipinski definition) is 0. The average molecular weight is 361 g/mol. The topological polar surface area (TPSA) is 78.0 Å². The largest absolute Gasteiger partial charge is 0.338 e. The fraction of sp³-hybridized carbons (Fsp3) is 0.857. The highest BCUT2D eigenvalue weighted by molar-refractivity contribution is 8.01. The third-order valence-electron chi connectivity index (χ3n) is 5.04. The van der Waals surface area contributed by atoms with Crippen LogP contribution in [0.3, 0.4) is 0 Å². The number of amides is 2. The van der Waals surface area contributed by atoms with Gasteiger partial charge in [-0.05, 0) is 20.3 Å². The molecule has 23 heavy (non-hydrogen) atoms. The summed E-state index contributed by atoms with van der Waals surface area (Å²) in [6.45, 7) is 5.14. The number of nitrogens with zero attached hydrogens (tertiary/aromatic N) is 3. The van der Waals surface area contributed by atoms with Crippen molar-refractivity contribution in [2.24, 2.45) is 0 Å². The van der Waals surface area contributed by atoms with E-state index in [1.165, 1.54) is 4.31 Å². The van der Waals surface area contributed by atoms with E-state index in [9.17, 15) is 18.0 Å². The second-order valence-electron chi connectivity index (χ2n) is 6.39.